The van der Waals surface area contributed by atoms with Gasteiger partial charge in [0.15, 0.2) is 0 Å². The number of rotatable bonds is 9. The summed E-state index contributed by atoms with van der Waals surface area (Å²) in [5.74, 6) is -0.973. The van der Waals surface area contributed by atoms with Crippen LogP contribution in [-0.4, -0.2) is 32.9 Å². The second kappa shape index (κ2) is 10.9. The van der Waals surface area contributed by atoms with Gasteiger partial charge < -0.3 is 10.1 Å². The summed E-state index contributed by atoms with van der Waals surface area (Å²) in [5.41, 5.74) is 1.59. The number of anilines is 1. The van der Waals surface area contributed by atoms with Gasteiger partial charge in [-0.25, -0.2) is 13.2 Å². The minimum Gasteiger partial charge on any atom is -0.462 e. The topological polar surface area (TPSA) is 102 Å². The van der Waals surface area contributed by atoms with Crippen molar-refractivity contribution < 1.29 is 22.7 Å². The van der Waals surface area contributed by atoms with Crippen LogP contribution < -0.4 is 10.0 Å². The zero-order valence-electron chi connectivity index (χ0n) is 17.1. The molecule has 0 aliphatic carbocycles. The first-order valence-corrected chi connectivity index (χ1v) is 12.8. The summed E-state index contributed by atoms with van der Waals surface area (Å²) in [6.45, 7) is 1.98. The lowest BCUT2D eigenvalue weighted by Gasteiger charge is -2.18. The molecule has 3 aromatic rings. The predicted molar refractivity (Wildman–Crippen MR) is 127 cm³/mol. The summed E-state index contributed by atoms with van der Waals surface area (Å²) in [6.07, 6.45) is 0.166. The van der Waals surface area contributed by atoms with Crippen molar-refractivity contribution in [3.8, 4) is 0 Å². The molecule has 7 nitrogen and oxygen atoms in total. The fourth-order valence-corrected chi connectivity index (χ4v) is 6.08. The molecule has 1 atom stereocenters. The highest BCUT2D eigenvalue weighted by molar-refractivity contribution is 9.11. The van der Waals surface area contributed by atoms with E-state index in [1.54, 1.807) is 25.1 Å². The lowest BCUT2D eigenvalue weighted by molar-refractivity contribution is -0.117. The summed E-state index contributed by atoms with van der Waals surface area (Å²) in [7, 11) is -3.90. The van der Waals surface area contributed by atoms with Crippen LogP contribution in [0.25, 0.3) is 0 Å². The Bertz CT molecular complexity index is 1180. The predicted octanol–water partition coefficient (Wildman–Crippen LogP) is 4.22. The Morgan fingerprint density at radius 2 is 1.72 bits per heavy atom. The van der Waals surface area contributed by atoms with Gasteiger partial charge in [0.25, 0.3) is 10.0 Å². The van der Waals surface area contributed by atoms with Gasteiger partial charge in [-0.3, -0.25) is 4.79 Å². The minimum atomic E-state index is -3.90. The van der Waals surface area contributed by atoms with Crippen molar-refractivity contribution >= 4 is 54.9 Å². The van der Waals surface area contributed by atoms with Gasteiger partial charge in [0.2, 0.25) is 5.91 Å². The number of ether oxygens (including phenoxy) is 1. The number of thiophene rings is 1. The van der Waals surface area contributed by atoms with Crippen LogP contribution in [0.15, 0.2) is 74.7 Å². The molecule has 1 unspecified atom stereocenters. The zero-order chi connectivity index (χ0) is 23.1. The van der Waals surface area contributed by atoms with Gasteiger partial charge in [0, 0.05) is 5.69 Å². The van der Waals surface area contributed by atoms with Crippen LogP contribution in [0.1, 0.15) is 22.8 Å². The number of hydrogen-bond acceptors (Lipinski definition) is 6. The highest BCUT2D eigenvalue weighted by atomic mass is 79.9. The van der Waals surface area contributed by atoms with Gasteiger partial charge in [-0.2, -0.15) is 4.72 Å². The Morgan fingerprint density at radius 1 is 1.03 bits per heavy atom. The third-order valence-electron chi connectivity index (χ3n) is 4.37. The summed E-state index contributed by atoms with van der Waals surface area (Å²) < 4.78 is 33.9. The molecule has 1 amide bonds. The van der Waals surface area contributed by atoms with E-state index >= 15 is 0 Å². The van der Waals surface area contributed by atoms with Gasteiger partial charge in [-0.05, 0) is 71.2 Å². The molecule has 0 spiro atoms. The fourth-order valence-electron chi connectivity index (χ4n) is 2.86. The highest BCUT2D eigenvalue weighted by Crippen LogP contribution is 2.26. The molecule has 0 fully saturated rings. The van der Waals surface area contributed by atoms with E-state index in [1.165, 1.54) is 18.2 Å². The van der Waals surface area contributed by atoms with Crippen LogP contribution in [0.3, 0.4) is 0 Å². The van der Waals surface area contributed by atoms with E-state index in [-0.39, 0.29) is 17.2 Å². The largest absolute Gasteiger partial charge is 0.462 e. The summed E-state index contributed by atoms with van der Waals surface area (Å²) in [5, 5.41) is 2.72. The van der Waals surface area contributed by atoms with E-state index in [1.807, 2.05) is 30.3 Å². The molecular weight excluding hydrogens is 516 g/mol. The van der Waals surface area contributed by atoms with E-state index < -0.39 is 27.9 Å². The molecule has 1 heterocycles. The van der Waals surface area contributed by atoms with Crippen LogP contribution in [0.2, 0.25) is 0 Å². The molecule has 168 valence electrons. The van der Waals surface area contributed by atoms with Crippen molar-refractivity contribution in [3.05, 3.63) is 81.6 Å². The quantitative estimate of drug-likeness (QED) is 0.398. The highest BCUT2D eigenvalue weighted by Gasteiger charge is 2.27. The normalized spacial score (nSPS) is 12.2. The Balaban J connectivity index is 1.79. The third kappa shape index (κ3) is 6.49. The molecular formula is C22H21BrN2O5S2. The first-order valence-electron chi connectivity index (χ1n) is 9.68. The molecule has 0 bridgehead atoms. The first kappa shape index (κ1) is 24.1. The number of halogens is 1. The molecule has 2 aromatic carbocycles. The average molecular weight is 537 g/mol. The van der Waals surface area contributed by atoms with Crippen LogP contribution in [-0.2, 0) is 26.0 Å². The Labute approximate surface area is 199 Å². The van der Waals surface area contributed by atoms with Gasteiger partial charge >= 0.3 is 5.97 Å². The number of sulfonamides is 1. The zero-order valence-corrected chi connectivity index (χ0v) is 20.3. The average Bonchev–Trinajstić information content (AvgIpc) is 3.22. The number of amides is 1. The molecule has 0 aliphatic heterocycles. The Kier molecular flexibility index (Phi) is 8.19. The Morgan fingerprint density at radius 3 is 2.31 bits per heavy atom. The molecule has 3 rings (SSSR count). The minimum absolute atomic E-state index is 0.106. The molecule has 1 aromatic heterocycles. The van der Waals surface area contributed by atoms with Gasteiger partial charge in [-0.15, -0.1) is 11.3 Å². The Hall–Kier alpha value is -2.53. The van der Waals surface area contributed by atoms with E-state index in [0.717, 1.165) is 16.9 Å². The van der Waals surface area contributed by atoms with Crippen LogP contribution in [0.5, 0.6) is 0 Å². The maximum Gasteiger partial charge on any atom is 0.338 e. The molecule has 0 aliphatic rings. The smallest absolute Gasteiger partial charge is 0.338 e. The number of esters is 1. The number of hydrogen-bond donors (Lipinski definition) is 2. The maximum atomic E-state index is 13.0. The SMILES string of the molecule is CCOC(=O)c1ccc(NC(=O)C(Cc2ccccc2)NS(=O)(=O)c2ccc(Br)s2)cc1. The van der Waals surface area contributed by atoms with Crippen molar-refractivity contribution in [3.63, 3.8) is 0 Å². The van der Waals surface area contributed by atoms with Gasteiger partial charge in [0.05, 0.1) is 16.0 Å². The summed E-state index contributed by atoms with van der Waals surface area (Å²) in [4.78, 5) is 24.8. The second-order valence-electron chi connectivity index (χ2n) is 6.71. The lowest BCUT2D eigenvalue weighted by Crippen LogP contribution is -2.45. The monoisotopic (exact) mass is 536 g/mol. The second-order valence-corrected chi connectivity index (χ2v) is 11.1. The van der Waals surface area contributed by atoms with Gasteiger partial charge in [0.1, 0.15) is 10.3 Å². The number of carbonyl (C=O) groups excluding carboxylic acids is 2. The standard InChI is InChI=1S/C22H21BrN2O5S2/c1-2-30-22(27)16-8-10-17(11-9-16)24-21(26)18(14-15-6-4-3-5-7-15)25-32(28,29)20-13-12-19(23)31-20/h3-13,18,25H,2,14H2,1H3,(H,24,26). The third-order valence-corrected chi connectivity index (χ3v) is 7.96. The summed E-state index contributed by atoms with van der Waals surface area (Å²) >= 11 is 4.32. The van der Waals surface area contributed by atoms with Crippen molar-refractivity contribution in [1.82, 2.24) is 4.72 Å². The van der Waals surface area contributed by atoms with Crippen molar-refractivity contribution in [1.29, 1.82) is 0 Å². The molecule has 32 heavy (non-hydrogen) atoms. The van der Waals surface area contributed by atoms with Gasteiger partial charge in [-0.1, -0.05) is 30.3 Å². The van der Waals surface area contributed by atoms with Crippen LogP contribution in [0.4, 0.5) is 5.69 Å². The van der Waals surface area contributed by atoms with E-state index in [9.17, 15) is 18.0 Å². The van der Waals surface area contributed by atoms with E-state index in [0.29, 0.717) is 15.0 Å². The maximum absolute atomic E-state index is 13.0. The molecule has 10 heteroatoms. The molecule has 0 radical (unpaired) electrons. The van der Waals surface area contributed by atoms with E-state index in [4.69, 9.17) is 4.74 Å². The van der Waals surface area contributed by atoms with Crippen LogP contribution >= 0.6 is 27.3 Å². The molecule has 0 saturated carbocycles. The molecule has 2 N–H and O–H groups in total. The number of benzene rings is 2. The number of nitrogens with one attached hydrogen (secondary N) is 2. The first-order chi connectivity index (χ1) is 15.3. The molecule has 0 saturated heterocycles. The van der Waals surface area contributed by atoms with Crippen molar-refractivity contribution in [2.75, 3.05) is 11.9 Å². The van der Waals surface area contributed by atoms with Crippen molar-refractivity contribution in [2.45, 2.75) is 23.6 Å². The van der Waals surface area contributed by atoms with Crippen LogP contribution in [0, 0.1) is 0 Å². The lowest BCUT2D eigenvalue weighted by atomic mass is 10.1. The fraction of sp³-hybridized carbons (Fsp3) is 0.182. The number of carbonyl (C=O) groups is 2. The van der Waals surface area contributed by atoms with E-state index in [2.05, 4.69) is 26.0 Å². The summed E-state index contributed by atoms with van der Waals surface area (Å²) in [6, 6.07) is 17.4. The van der Waals surface area contributed by atoms with Crippen molar-refractivity contribution in [2.24, 2.45) is 0 Å².